The van der Waals surface area contributed by atoms with Gasteiger partial charge < -0.3 is 15.4 Å². The van der Waals surface area contributed by atoms with E-state index in [-0.39, 0.29) is 4.87 Å². The van der Waals surface area contributed by atoms with Gasteiger partial charge in [0.25, 0.3) is 0 Å². The molecule has 1 rings (SSSR count). The second kappa shape index (κ2) is 7.62. The molecule has 4 nitrogen and oxygen atoms in total. The minimum atomic E-state index is 0.00902. The Hall–Kier alpha value is -0.650. The lowest BCUT2D eigenvalue weighted by atomic mass is 10.2. The van der Waals surface area contributed by atoms with E-state index in [0.717, 1.165) is 44.5 Å². The number of unbranched alkanes of at least 4 members (excludes halogenated alkanes) is 3. The molecule has 0 fully saturated rings. The molecule has 0 radical (unpaired) electrons. The molecule has 0 aliphatic rings. The molecule has 0 bridgehead atoms. The molecule has 1 aromatic heterocycles. The Morgan fingerprint density at radius 1 is 1.33 bits per heavy atom. The van der Waals surface area contributed by atoms with Crippen LogP contribution < -0.4 is 10.2 Å². The summed E-state index contributed by atoms with van der Waals surface area (Å²) in [6.45, 7) is 1.99. The number of aliphatic hydroxyl groups excluding tert-OH is 1. The minimum absolute atomic E-state index is 0.00902. The van der Waals surface area contributed by atoms with Gasteiger partial charge in [-0.25, -0.2) is 0 Å². The van der Waals surface area contributed by atoms with Gasteiger partial charge in [-0.3, -0.25) is 4.79 Å². The lowest BCUT2D eigenvalue weighted by Crippen LogP contribution is -2.15. The Morgan fingerprint density at radius 3 is 2.80 bits per heavy atom. The summed E-state index contributed by atoms with van der Waals surface area (Å²) in [5.41, 5.74) is 0.959. The molecular formula is C10H18N2O2S. The van der Waals surface area contributed by atoms with Crippen molar-refractivity contribution in [3.05, 3.63) is 20.7 Å². The summed E-state index contributed by atoms with van der Waals surface area (Å²) < 4.78 is 0. The van der Waals surface area contributed by atoms with Crippen LogP contribution in [-0.2, 0) is 6.54 Å². The molecule has 15 heavy (non-hydrogen) atoms. The molecule has 0 atom stereocenters. The summed E-state index contributed by atoms with van der Waals surface area (Å²) in [5, 5.41) is 13.7. The molecule has 0 unspecified atom stereocenters. The van der Waals surface area contributed by atoms with Crippen LogP contribution in [0.15, 0.2) is 10.2 Å². The van der Waals surface area contributed by atoms with Crippen molar-refractivity contribution in [3.63, 3.8) is 0 Å². The van der Waals surface area contributed by atoms with Gasteiger partial charge >= 0.3 is 4.87 Å². The van der Waals surface area contributed by atoms with Gasteiger partial charge in [0.05, 0.1) is 0 Å². The Kier molecular flexibility index (Phi) is 6.31. The van der Waals surface area contributed by atoms with Crippen LogP contribution in [-0.4, -0.2) is 23.2 Å². The number of aromatic nitrogens is 1. The lowest BCUT2D eigenvalue weighted by Gasteiger charge is -2.02. The van der Waals surface area contributed by atoms with Crippen LogP contribution in [0.1, 0.15) is 31.4 Å². The maximum atomic E-state index is 10.8. The Bertz CT molecular complexity index is 308. The molecule has 0 saturated heterocycles. The van der Waals surface area contributed by atoms with E-state index in [1.807, 2.05) is 5.38 Å². The Balaban J connectivity index is 1.95. The molecule has 1 aromatic rings. The summed E-state index contributed by atoms with van der Waals surface area (Å²) in [6.07, 6.45) is 4.26. The SMILES string of the molecule is O=c1[nH]c(CNCCCCCCO)cs1. The van der Waals surface area contributed by atoms with Gasteiger partial charge in [-0.15, -0.1) is 0 Å². The average molecular weight is 230 g/mol. The van der Waals surface area contributed by atoms with Crippen molar-refractivity contribution in [1.82, 2.24) is 10.3 Å². The van der Waals surface area contributed by atoms with Crippen molar-refractivity contribution in [2.75, 3.05) is 13.2 Å². The Labute approximate surface area is 93.4 Å². The third-order valence-electron chi connectivity index (χ3n) is 2.15. The fourth-order valence-corrected chi connectivity index (χ4v) is 1.92. The largest absolute Gasteiger partial charge is 0.396 e. The Morgan fingerprint density at radius 2 is 2.13 bits per heavy atom. The van der Waals surface area contributed by atoms with Gasteiger partial charge in [-0.1, -0.05) is 24.2 Å². The molecule has 0 spiro atoms. The number of thiazole rings is 1. The van der Waals surface area contributed by atoms with E-state index >= 15 is 0 Å². The van der Waals surface area contributed by atoms with Crippen LogP contribution in [0, 0.1) is 0 Å². The van der Waals surface area contributed by atoms with Crippen molar-refractivity contribution in [2.24, 2.45) is 0 Å². The average Bonchev–Trinajstić information content (AvgIpc) is 2.63. The molecular weight excluding hydrogens is 212 g/mol. The zero-order valence-corrected chi connectivity index (χ0v) is 9.61. The monoisotopic (exact) mass is 230 g/mol. The minimum Gasteiger partial charge on any atom is -0.396 e. The quantitative estimate of drug-likeness (QED) is 0.585. The van der Waals surface area contributed by atoms with Crippen molar-refractivity contribution in [3.8, 4) is 0 Å². The van der Waals surface area contributed by atoms with Crippen LogP contribution >= 0.6 is 11.3 Å². The second-order valence-electron chi connectivity index (χ2n) is 3.49. The smallest absolute Gasteiger partial charge is 0.304 e. The number of aromatic amines is 1. The number of rotatable bonds is 8. The van der Waals surface area contributed by atoms with Gasteiger partial charge in [0.2, 0.25) is 0 Å². The first-order valence-corrected chi connectivity index (χ1v) is 6.19. The van der Waals surface area contributed by atoms with Gasteiger partial charge in [0, 0.05) is 24.2 Å². The van der Waals surface area contributed by atoms with Crippen LogP contribution in [0.3, 0.4) is 0 Å². The van der Waals surface area contributed by atoms with E-state index < -0.39 is 0 Å². The highest BCUT2D eigenvalue weighted by molar-refractivity contribution is 7.07. The normalized spacial score (nSPS) is 10.7. The number of aliphatic hydroxyl groups is 1. The third kappa shape index (κ3) is 5.71. The summed E-state index contributed by atoms with van der Waals surface area (Å²) >= 11 is 1.20. The highest BCUT2D eigenvalue weighted by atomic mass is 32.1. The first-order chi connectivity index (χ1) is 7.33. The molecule has 0 aromatic carbocycles. The summed E-state index contributed by atoms with van der Waals surface area (Å²) in [6, 6.07) is 0. The van der Waals surface area contributed by atoms with Gasteiger partial charge in [-0.05, 0) is 19.4 Å². The van der Waals surface area contributed by atoms with Crippen LogP contribution in [0.4, 0.5) is 0 Å². The van der Waals surface area contributed by atoms with E-state index in [1.165, 1.54) is 11.3 Å². The van der Waals surface area contributed by atoms with Crippen molar-refractivity contribution in [2.45, 2.75) is 32.2 Å². The molecule has 0 aliphatic heterocycles. The lowest BCUT2D eigenvalue weighted by molar-refractivity contribution is 0.282. The van der Waals surface area contributed by atoms with Crippen molar-refractivity contribution in [1.29, 1.82) is 0 Å². The first kappa shape index (κ1) is 12.4. The fourth-order valence-electron chi connectivity index (χ4n) is 1.34. The van der Waals surface area contributed by atoms with Gasteiger partial charge in [0.15, 0.2) is 0 Å². The van der Waals surface area contributed by atoms with Crippen LogP contribution in [0.25, 0.3) is 0 Å². The van der Waals surface area contributed by atoms with E-state index in [1.54, 1.807) is 0 Å². The molecule has 1 heterocycles. The summed E-state index contributed by atoms with van der Waals surface area (Å²) in [4.78, 5) is 13.6. The van der Waals surface area contributed by atoms with Crippen molar-refractivity contribution >= 4 is 11.3 Å². The first-order valence-electron chi connectivity index (χ1n) is 5.31. The van der Waals surface area contributed by atoms with Crippen LogP contribution in [0.2, 0.25) is 0 Å². The highest BCUT2D eigenvalue weighted by Gasteiger charge is 1.95. The molecule has 0 saturated carbocycles. The summed E-state index contributed by atoms with van der Waals surface area (Å²) in [7, 11) is 0. The third-order valence-corrected chi connectivity index (χ3v) is 2.87. The maximum absolute atomic E-state index is 10.8. The predicted octanol–water partition coefficient (Wildman–Crippen LogP) is 1.08. The number of H-pyrrole nitrogens is 1. The molecule has 0 amide bonds. The second-order valence-corrected chi connectivity index (χ2v) is 4.33. The molecule has 86 valence electrons. The van der Waals surface area contributed by atoms with Crippen LogP contribution in [0.5, 0.6) is 0 Å². The fraction of sp³-hybridized carbons (Fsp3) is 0.700. The van der Waals surface area contributed by atoms with E-state index in [0.29, 0.717) is 6.61 Å². The molecule has 5 heteroatoms. The topological polar surface area (TPSA) is 65.1 Å². The van der Waals surface area contributed by atoms with E-state index in [2.05, 4.69) is 10.3 Å². The zero-order valence-electron chi connectivity index (χ0n) is 8.79. The predicted molar refractivity (Wildman–Crippen MR) is 62.2 cm³/mol. The van der Waals surface area contributed by atoms with Gasteiger partial charge in [0.1, 0.15) is 0 Å². The zero-order chi connectivity index (χ0) is 10.9. The number of hydrogen-bond donors (Lipinski definition) is 3. The highest BCUT2D eigenvalue weighted by Crippen LogP contribution is 1.98. The van der Waals surface area contributed by atoms with E-state index in [4.69, 9.17) is 5.11 Å². The maximum Gasteiger partial charge on any atom is 0.304 e. The molecule has 0 aliphatic carbocycles. The van der Waals surface area contributed by atoms with E-state index in [9.17, 15) is 4.79 Å². The summed E-state index contributed by atoms with van der Waals surface area (Å²) in [5.74, 6) is 0. The molecule has 3 N–H and O–H groups in total. The standard InChI is InChI=1S/C10H18N2O2S/c13-6-4-2-1-3-5-11-7-9-8-15-10(14)12-9/h8,11,13H,1-7H2,(H,12,14). The number of hydrogen-bond acceptors (Lipinski definition) is 4. The van der Waals surface area contributed by atoms with Crippen molar-refractivity contribution < 1.29 is 5.11 Å². The number of nitrogens with one attached hydrogen (secondary N) is 2. The van der Waals surface area contributed by atoms with Gasteiger partial charge in [-0.2, -0.15) is 0 Å².